The molecule has 0 saturated heterocycles. The molecule has 0 saturated carbocycles. The predicted octanol–water partition coefficient (Wildman–Crippen LogP) is 11.5. The largest absolute Gasteiger partial charge is 0.455 e. The molecule has 7 aromatic rings. The molecule has 4 aromatic carbocycles. The number of aryl methyl sites for hydroxylation is 2. The van der Waals surface area contributed by atoms with Gasteiger partial charge in [0.1, 0.15) is 22.3 Å². The van der Waals surface area contributed by atoms with E-state index in [2.05, 4.69) is 116 Å². The summed E-state index contributed by atoms with van der Waals surface area (Å²) in [5.74, 6) is 0. The van der Waals surface area contributed by atoms with Crippen LogP contribution in [0.3, 0.4) is 0 Å². The lowest BCUT2D eigenvalue weighted by atomic mass is 9.85. The quantitative estimate of drug-likeness (QED) is 0.218. The smallest absolute Gasteiger partial charge is 0.161 e. The van der Waals surface area contributed by atoms with E-state index in [1.165, 1.54) is 27.8 Å². The molecule has 42 heavy (non-hydrogen) atoms. The van der Waals surface area contributed by atoms with E-state index in [4.69, 9.17) is 13.8 Å². The maximum Gasteiger partial charge on any atom is 0.161 e. The average molecular weight is 554 g/mol. The van der Waals surface area contributed by atoms with Gasteiger partial charge in [0.05, 0.1) is 5.39 Å². The van der Waals surface area contributed by atoms with Crippen molar-refractivity contribution in [2.75, 3.05) is 0 Å². The minimum atomic E-state index is 0.128. The maximum atomic E-state index is 7.04. The van der Waals surface area contributed by atoms with E-state index in [-0.39, 0.29) is 10.8 Å². The molecule has 0 aliphatic rings. The zero-order valence-corrected chi connectivity index (χ0v) is 26.0. The number of pyridine rings is 1. The van der Waals surface area contributed by atoms with E-state index in [1.54, 1.807) is 0 Å². The Hall–Kier alpha value is -4.11. The molecule has 7 rings (SSSR count). The van der Waals surface area contributed by atoms with Gasteiger partial charge in [0.15, 0.2) is 5.58 Å². The van der Waals surface area contributed by atoms with E-state index in [0.717, 1.165) is 73.2 Å². The first-order valence-corrected chi connectivity index (χ1v) is 15.0. The zero-order valence-electron chi connectivity index (χ0n) is 26.0. The van der Waals surface area contributed by atoms with Gasteiger partial charge in [-0.3, -0.25) is 4.98 Å². The van der Waals surface area contributed by atoms with Crippen LogP contribution >= 0.6 is 0 Å². The van der Waals surface area contributed by atoms with Crippen molar-refractivity contribution in [3.8, 4) is 11.1 Å². The number of benzene rings is 4. The first kappa shape index (κ1) is 26.8. The number of aromatic nitrogens is 1. The highest BCUT2D eigenvalue weighted by molar-refractivity contribution is 6.30. The fourth-order valence-electron chi connectivity index (χ4n) is 6.97. The summed E-state index contributed by atoms with van der Waals surface area (Å²) in [6, 6.07) is 22.0. The number of hydrogen-bond acceptors (Lipinski definition) is 3. The third kappa shape index (κ3) is 4.47. The fraction of sp³-hybridized carbons (Fsp3) is 0.308. The van der Waals surface area contributed by atoms with Gasteiger partial charge in [-0.2, -0.15) is 0 Å². The van der Waals surface area contributed by atoms with E-state index >= 15 is 0 Å². The fourth-order valence-corrected chi connectivity index (χ4v) is 6.97. The van der Waals surface area contributed by atoms with Gasteiger partial charge < -0.3 is 8.83 Å². The topological polar surface area (TPSA) is 39.2 Å². The molecule has 3 heteroatoms. The average Bonchev–Trinajstić information content (AvgIpc) is 3.20. The van der Waals surface area contributed by atoms with Crippen molar-refractivity contribution in [2.24, 2.45) is 10.8 Å². The van der Waals surface area contributed by atoms with Crippen LogP contribution in [0.5, 0.6) is 0 Å². The van der Waals surface area contributed by atoms with E-state index in [9.17, 15) is 0 Å². The van der Waals surface area contributed by atoms with E-state index in [0.29, 0.717) is 0 Å². The molecule has 0 fully saturated rings. The Bertz CT molecular complexity index is 2150. The second-order valence-electron chi connectivity index (χ2n) is 14.6. The van der Waals surface area contributed by atoms with Gasteiger partial charge in [-0.1, -0.05) is 77.9 Å². The van der Waals surface area contributed by atoms with Crippen molar-refractivity contribution < 1.29 is 8.83 Å². The van der Waals surface area contributed by atoms with E-state index in [1.807, 2.05) is 6.20 Å². The lowest BCUT2D eigenvalue weighted by Gasteiger charge is -2.20. The van der Waals surface area contributed by atoms with Crippen LogP contribution in [0.1, 0.15) is 63.8 Å². The first-order chi connectivity index (χ1) is 19.9. The molecule has 0 atom stereocenters. The third-order valence-electron chi connectivity index (χ3n) is 8.29. The molecule has 0 aliphatic carbocycles. The summed E-state index contributed by atoms with van der Waals surface area (Å²) < 4.78 is 13.7. The number of nitrogens with zero attached hydrogens (tertiary/aromatic N) is 1. The number of rotatable bonds is 3. The second-order valence-corrected chi connectivity index (χ2v) is 14.6. The van der Waals surface area contributed by atoms with Crippen LogP contribution in [0.25, 0.3) is 65.9 Å². The highest BCUT2D eigenvalue weighted by Crippen LogP contribution is 2.45. The van der Waals surface area contributed by atoms with Gasteiger partial charge in [-0.15, -0.1) is 0 Å². The summed E-state index contributed by atoms with van der Waals surface area (Å²) in [5.41, 5.74) is 12.0. The molecule has 0 unspecified atom stereocenters. The minimum Gasteiger partial charge on any atom is -0.455 e. The number of furan rings is 1. The van der Waals surface area contributed by atoms with Crippen molar-refractivity contribution in [1.82, 2.24) is 4.98 Å². The third-order valence-corrected chi connectivity index (χ3v) is 8.29. The number of hydrogen-bond donors (Lipinski definition) is 0. The summed E-state index contributed by atoms with van der Waals surface area (Å²) in [6.45, 7) is 18.1. The molecule has 0 N–H and O–H groups in total. The Balaban J connectivity index is 1.63. The van der Waals surface area contributed by atoms with Crippen LogP contribution in [0.15, 0.2) is 75.7 Å². The zero-order chi connectivity index (χ0) is 29.6. The summed E-state index contributed by atoms with van der Waals surface area (Å²) in [7, 11) is 0. The lowest BCUT2D eigenvalue weighted by molar-refractivity contribution is 0.410. The van der Waals surface area contributed by atoms with Crippen LogP contribution < -0.4 is 0 Å². The van der Waals surface area contributed by atoms with Gasteiger partial charge in [0, 0.05) is 27.9 Å². The molecular weight excluding hydrogens is 514 g/mol. The Morgan fingerprint density at radius 3 is 1.88 bits per heavy atom. The summed E-state index contributed by atoms with van der Waals surface area (Å²) in [6.07, 6.45) is 3.89. The first-order valence-electron chi connectivity index (χ1n) is 15.0. The normalized spacial score (nSPS) is 13.0. The Kier molecular flexibility index (Phi) is 5.86. The second kappa shape index (κ2) is 9.19. The van der Waals surface area contributed by atoms with Crippen molar-refractivity contribution in [2.45, 2.75) is 68.2 Å². The molecule has 0 spiro atoms. The van der Waals surface area contributed by atoms with E-state index < -0.39 is 0 Å². The molecule has 212 valence electrons. The van der Waals surface area contributed by atoms with Crippen molar-refractivity contribution in [1.29, 1.82) is 0 Å². The lowest BCUT2D eigenvalue weighted by Crippen LogP contribution is -2.09. The summed E-state index contributed by atoms with van der Waals surface area (Å²) in [4.78, 5) is 4.99. The van der Waals surface area contributed by atoms with Crippen LogP contribution in [0.4, 0.5) is 0 Å². The van der Waals surface area contributed by atoms with Crippen molar-refractivity contribution in [3.05, 3.63) is 89.1 Å². The molecule has 3 aromatic heterocycles. The molecule has 0 bridgehead atoms. The molecule has 0 aliphatic heterocycles. The monoisotopic (exact) mass is 553 g/mol. The van der Waals surface area contributed by atoms with Gasteiger partial charge in [-0.25, -0.2) is 0 Å². The standard InChI is InChI=1S/C39H39NO2/c1-22-15-24(20-38(3,4)5)16-23(2)32(22)28-13-14-40-35-29-19-26-11-9-10-12-27(26)36-33(29)34-30(41-36)17-25(21-39(6,7)8)18-31(34)42-37(28)35/h9-19H,20-21H2,1-8H3. The van der Waals surface area contributed by atoms with Crippen LogP contribution in [0.2, 0.25) is 0 Å². The summed E-state index contributed by atoms with van der Waals surface area (Å²) >= 11 is 0. The van der Waals surface area contributed by atoms with Crippen LogP contribution in [0, 0.1) is 24.7 Å². The summed E-state index contributed by atoms with van der Waals surface area (Å²) in [5, 5.41) is 5.41. The number of fused-ring (bicyclic) bond motifs is 4. The SMILES string of the molecule is Cc1cc(CC(C)(C)C)cc(C)c1-c1ccnc2c1oc1cc(CC(C)(C)C)cc3oc4c5ccccc5cc2c4c13. The van der Waals surface area contributed by atoms with Crippen molar-refractivity contribution in [3.63, 3.8) is 0 Å². The molecule has 0 radical (unpaired) electrons. The molecule has 3 heterocycles. The predicted molar refractivity (Wildman–Crippen MR) is 178 cm³/mol. The molecule has 0 amide bonds. The highest BCUT2D eigenvalue weighted by Gasteiger charge is 2.23. The van der Waals surface area contributed by atoms with Gasteiger partial charge in [-0.05, 0) is 95.0 Å². The van der Waals surface area contributed by atoms with Crippen LogP contribution in [-0.4, -0.2) is 4.98 Å². The molecule has 3 nitrogen and oxygen atoms in total. The van der Waals surface area contributed by atoms with Crippen LogP contribution in [-0.2, 0) is 12.8 Å². The Morgan fingerprint density at radius 2 is 1.24 bits per heavy atom. The maximum absolute atomic E-state index is 7.04. The highest BCUT2D eigenvalue weighted by atomic mass is 16.3. The van der Waals surface area contributed by atoms with Gasteiger partial charge in [0.25, 0.3) is 0 Å². The van der Waals surface area contributed by atoms with Gasteiger partial charge >= 0.3 is 0 Å². The van der Waals surface area contributed by atoms with Gasteiger partial charge in [0.2, 0.25) is 0 Å². The molecular formula is C39H39NO2. The Labute approximate surface area is 247 Å². The Morgan fingerprint density at radius 1 is 0.643 bits per heavy atom. The van der Waals surface area contributed by atoms with Crippen molar-refractivity contribution >= 4 is 54.8 Å². The minimum absolute atomic E-state index is 0.128.